The van der Waals surface area contributed by atoms with Gasteiger partial charge >= 0.3 is 12.1 Å². The zero-order valence-electron chi connectivity index (χ0n) is 20.1. The first-order valence-corrected chi connectivity index (χ1v) is 12.0. The number of amides is 2. The van der Waals surface area contributed by atoms with Gasteiger partial charge in [0, 0.05) is 24.8 Å². The summed E-state index contributed by atoms with van der Waals surface area (Å²) in [6.45, 7) is 12.6. The Morgan fingerprint density at radius 3 is 2.44 bits per heavy atom. The smallest absolute Gasteiger partial charge is 0.410 e. The Morgan fingerprint density at radius 1 is 1.08 bits per heavy atom. The number of carbonyl (C=O) groups excluding carboxylic acids is 4. The average molecular weight is 515 g/mol. The quantitative estimate of drug-likeness (QED) is 0.253. The van der Waals surface area contributed by atoms with Crippen molar-refractivity contribution in [2.45, 2.75) is 24.6 Å². The fourth-order valence-electron chi connectivity index (χ4n) is 3.37. The minimum Gasteiger partial charge on any atom is -0.487 e. The van der Waals surface area contributed by atoms with E-state index in [-0.39, 0.29) is 43.2 Å². The Hall–Kier alpha value is -3.79. The standard InChI is InChI=1S/C26H30N2O7S/c1-5-12-33-23-10-8-19(9-11-24(30)34-13-6-2)15-21(23)27-25(31)22-16-20(36-18(4)29)17-28(22)26(32)35-14-7-3/h5-11,15,20,22H,1-3,12-14,16-17H2,4H3,(H,27,31)/b11-9+/t20-,22-/m0/s1. The van der Waals surface area contributed by atoms with Crippen LogP contribution in [0.25, 0.3) is 6.08 Å². The predicted molar refractivity (Wildman–Crippen MR) is 140 cm³/mol. The summed E-state index contributed by atoms with van der Waals surface area (Å²) in [4.78, 5) is 50.6. The van der Waals surface area contributed by atoms with Gasteiger partial charge in [0.1, 0.15) is 31.6 Å². The van der Waals surface area contributed by atoms with E-state index in [9.17, 15) is 19.2 Å². The fourth-order valence-corrected chi connectivity index (χ4v) is 4.36. The molecule has 0 aliphatic carbocycles. The molecule has 1 aliphatic heterocycles. The maximum absolute atomic E-state index is 13.3. The molecule has 2 atom stereocenters. The Morgan fingerprint density at radius 2 is 1.78 bits per heavy atom. The van der Waals surface area contributed by atoms with Crippen molar-refractivity contribution in [1.29, 1.82) is 0 Å². The molecule has 0 saturated carbocycles. The number of anilines is 1. The highest BCUT2D eigenvalue weighted by molar-refractivity contribution is 8.14. The lowest BCUT2D eigenvalue weighted by Crippen LogP contribution is -2.43. The zero-order chi connectivity index (χ0) is 26.5. The van der Waals surface area contributed by atoms with Crippen LogP contribution in [0.15, 0.2) is 62.2 Å². The van der Waals surface area contributed by atoms with Crippen molar-refractivity contribution < 1.29 is 33.4 Å². The molecule has 1 N–H and O–H groups in total. The first-order valence-electron chi connectivity index (χ1n) is 11.1. The van der Waals surface area contributed by atoms with Crippen molar-refractivity contribution >= 4 is 46.6 Å². The molecule has 1 aromatic rings. The van der Waals surface area contributed by atoms with E-state index in [1.54, 1.807) is 24.3 Å². The van der Waals surface area contributed by atoms with E-state index in [1.807, 2.05) is 0 Å². The van der Waals surface area contributed by atoms with E-state index in [0.29, 0.717) is 17.0 Å². The van der Waals surface area contributed by atoms with Gasteiger partial charge in [0.25, 0.3) is 0 Å². The Bertz CT molecular complexity index is 1040. The minimum absolute atomic E-state index is 0.00263. The summed E-state index contributed by atoms with van der Waals surface area (Å²) in [5, 5.41) is 2.46. The third-order valence-corrected chi connectivity index (χ3v) is 5.84. The number of benzene rings is 1. The van der Waals surface area contributed by atoms with Crippen LogP contribution in [0.2, 0.25) is 0 Å². The van der Waals surface area contributed by atoms with E-state index >= 15 is 0 Å². The molecule has 1 heterocycles. The van der Waals surface area contributed by atoms with Crippen LogP contribution in [0.4, 0.5) is 10.5 Å². The summed E-state index contributed by atoms with van der Waals surface area (Å²) >= 11 is 1.08. The van der Waals surface area contributed by atoms with Gasteiger partial charge < -0.3 is 19.5 Å². The monoisotopic (exact) mass is 514 g/mol. The van der Waals surface area contributed by atoms with Gasteiger partial charge in [-0.1, -0.05) is 55.8 Å². The molecule has 1 aliphatic rings. The van der Waals surface area contributed by atoms with Gasteiger partial charge in [-0.3, -0.25) is 14.5 Å². The second-order valence-electron chi connectivity index (χ2n) is 7.60. The summed E-state index contributed by atoms with van der Waals surface area (Å²) in [6.07, 6.45) is 6.85. The van der Waals surface area contributed by atoms with Crippen LogP contribution in [0.3, 0.4) is 0 Å². The highest BCUT2D eigenvalue weighted by atomic mass is 32.2. The molecule has 9 nitrogen and oxygen atoms in total. The molecule has 192 valence electrons. The molecule has 2 rings (SSSR count). The summed E-state index contributed by atoms with van der Waals surface area (Å²) in [6, 6.07) is 4.12. The van der Waals surface area contributed by atoms with Gasteiger partial charge in [-0.15, -0.1) is 0 Å². The van der Waals surface area contributed by atoms with E-state index in [2.05, 4.69) is 25.1 Å². The number of carbonyl (C=O) groups is 4. The molecule has 0 bridgehead atoms. The average Bonchev–Trinajstić information content (AvgIpc) is 3.27. The molecular weight excluding hydrogens is 484 g/mol. The maximum atomic E-state index is 13.3. The first-order chi connectivity index (χ1) is 17.3. The van der Waals surface area contributed by atoms with Crippen LogP contribution >= 0.6 is 11.8 Å². The topological polar surface area (TPSA) is 111 Å². The second kappa shape index (κ2) is 14.6. The third kappa shape index (κ3) is 8.77. The molecule has 0 aromatic heterocycles. The lowest BCUT2D eigenvalue weighted by atomic mass is 10.1. The minimum atomic E-state index is -0.862. The molecular formula is C26H30N2O7S. The van der Waals surface area contributed by atoms with Crippen LogP contribution < -0.4 is 10.1 Å². The molecule has 10 heteroatoms. The fraction of sp³-hybridized carbons (Fsp3) is 0.308. The molecule has 36 heavy (non-hydrogen) atoms. The Balaban J connectivity index is 2.27. The number of nitrogens with zero attached hydrogens (tertiary/aromatic N) is 1. The first kappa shape index (κ1) is 28.4. The normalized spacial score (nSPS) is 16.8. The van der Waals surface area contributed by atoms with Gasteiger partial charge in [0.15, 0.2) is 5.12 Å². The number of hydrogen-bond donors (Lipinski definition) is 1. The van der Waals surface area contributed by atoms with Crippen molar-refractivity contribution in [3.8, 4) is 5.75 Å². The lowest BCUT2D eigenvalue weighted by Gasteiger charge is -2.23. The number of rotatable bonds is 12. The molecule has 1 aromatic carbocycles. The van der Waals surface area contributed by atoms with Crippen LogP contribution in [0.1, 0.15) is 18.9 Å². The van der Waals surface area contributed by atoms with E-state index in [0.717, 1.165) is 11.8 Å². The molecule has 2 amide bonds. The molecule has 1 fully saturated rings. The largest absolute Gasteiger partial charge is 0.487 e. The van der Waals surface area contributed by atoms with Crippen LogP contribution in [0.5, 0.6) is 5.75 Å². The van der Waals surface area contributed by atoms with Crippen molar-refractivity contribution in [2.75, 3.05) is 31.7 Å². The summed E-state index contributed by atoms with van der Waals surface area (Å²) in [5.41, 5.74) is 0.941. The molecule has 1 saturated heterocycles. The van der Waals surface area contributed by atoms with Gasteiger partial charge in [-0.2, -0.15) is 0 Å². The van der Waals surface area contributed by atoms with Crippen molar-refractivity contribution in [1.82, 2.24) is 4.90 Å². The molecule has 0 spiro atoms. The van der Waals surface area contributed by atoms with Crippen LogP contribution in [-0.2, 0) is 23.9 Å². The number of hydrogen-bond acceptors (Lipinski definition) is 8. The highest BCUT2D eigenvalue weighted by Crippen LogP contribution is 2.32. The number of ether oxygens (including phenoxy) is 3. The molecule has 0 radical (unpaired) electrons. The van der Waals surface area contributed by atoms with Crippen molar-refractivity contribution in [3.05, 3.63) is 67.8 Å². The zero-order valence-corrected chi connectivity index (χ0v) is 21.0. The van der Waals surface area contributed by atoms with Crippen LogP contribution in [-0.4, -0.2) is 65.6 Å². The predicted octanol–water partition coefficient (Wildman–Crippen LogP) is 3.98. The van der Waals surface area contributed by atoms with Gasteiger partial charge in [0.05, 0.1) is 5.69 Å². The van der Waals surface area contributed by atoms with Crippen molar-refractivity contribution in [2.24, 2.45) is 0 Å². The van der Waals surface area contributed by atoms with Crippen LogP contribution in [0, 0.1) is 0 Å². The molecule has 0 unspecified atom stereocenters. The maximum Gasteiger partial charge on any atom is 0.410 e. The Labute approximate surface area is 214 Å². The Kier molecular flexibility index (Phi) is 11.5. The number of esters is 1. The SMILES string of the molecule is C=CCOC(=O)/C=C/c1ccc(OCC=C)c(NC(=O)[C@@H]2C[C@H](SC(C)=O)CN2C(=O)OCC=C)c1. The van der Waals surface area contributed by atoms with Crippen molar-refractivity contribution in [3.63, 3.8) is 0 Å². The summed E-state index contributed by atoms with van der Waals surface area (Å²) in [7, 11) is 0. The van der Waals surface area contributed by atoms with Gasteiger partial charge in [-0.25, -0.2) is 9.59 Å². The van der Waals surface area contributed by atoms with E-state index < -0.39 is 24.0 Å². The summed E-state index contributed by atoms with van der Waals surface area (Å²) in [5.74, 6) is -0.628. The highest BCUT2D eigenvalue weighted by Gasteiger charge is 2.41. The van der Waals surface area contributed by atoms with E-state index in [1.165, 1.54) is 36.1 Å². The van der Waals surface area contributed by atoms with E-state index in [4.69, 9.17) is 14.2 Å². The number of nitrogens with one attached hydrogen (secondary N) is 1. The number of thioether (sulfide) groups is 1. The summed E-state index contributed by atoms with van der Waals surface area (Å²) < 4.78 is 15.7. The van der Waals surface area contributed by atoms with Gasteiger partial charge in [0.2, 0.25) is 5.91 Å². The van der Waals surface area contributed by atoms with Gasteiger partial charge in [-0.05, 0) is 30.2 Å². The lowest BCUT2D eigenvalue weighted by molar-refractivity contribution is -0.136. The second-order valence-corrected chi connectivity index (χ2v) is 9.07. The number of likely N-dealkylation sites (tertiary alicyclic amines) is 1. The third-order valence-electron chi connectivity index (χ3n) is 4.83.